The van der Waals surface area contributed by atoms with E-state index in [0.29, 0.717) is 17.0 Å². The molecule has 0 aliphatic heterocycles. The van der Waals surface area contributed by atoms with E-state index in [4.69, 9.17) is 4.74 Å². The lowest BCUT2D eigenvalue weighted by molar-refractivity contribution is -0.122. The van der Waals surface area contributed by atoms with Gasteiger partial charge in [0.25, 0.3) is 10.0 Å². The quantitative estimate of drug-likeness (QED) is 0.534. The lowest BCUT2D eigenvalue weighted by Gasteiger charge is -2.32. The molecule has 0 bridgehead atoms. The molecule has 32 heavy (non-hydrogen) atoms. The number of amides is 1. The zero-order chi connectivity index (χ0) is 23.1. The van der Waals surface area contributed by atoms with Crippen LogP contribution in [-0.2, 0) is 21.4 Å². The maximum Gasteiger partial charge on any atom is 0.265 e. The molecule has 7 nitrogen and oxygen atoms in total. The SMILES string of the molecule is CCC(C(=O)NCc1cccnc1)N(c1ccccc1OC)S(=O)(=O)c1ccccc1C. The van der Waals surface area contributed by atoms with E-state index in [-0.39, 0.29) is 17.9 Å². The molecule has 3 rings (SSSR count). The minimum atomic E-state index is -4.08. The summed E-state index contributed by atoms with van der Waals surface area (Å²) >= 11 is 0. The van der Waals surface area contributed by atoms with Crippen LogP contribution in [-0.4, -0.2) is 32.5 Å². The van der Waals surface area contributed by atoms with Crippen LogP contribution in [0.2, 0.25) is 0 Å². The number of anilines is 1. The molecule has 8 heteroatoms. The lowest BCUT2D eigenvalue weighted by atomic mass is 10.1. The predicted molar refractivity (Wildman–Crippen MR) is 124 cm³/mol. The highest BCUT2D eigenvalue weighted by Crippen LogP contribution is 2.35. The summed E-state index contributed by atoms with van der Waals surface area (Å²) in [6.45, 7) is 3.76. The standard InChI is InChI=1S/C24H27N3O4S/c1-4-20(24(28)26-17-19-11-9-15-25-16-19)27(21-12-6-7-13-22(21)31-3)32(29,30)23-14-8-5-10-18(23)2/h5-16,20H,4,17H2,1-3H3,(H,26,28). The van der Waals surface area contributed by atoms with Gasteiger partial charge in [0, 0.05) is 18.9 Å². The number of nitrogens with one attached hydrogen (secondary N) is 1. The van der Waals surface area contributed by atoms with Gasteiger partial charge in [0.15, 0.2) is 0 Å². The Morgan fingerprint density at radius 3 is 2.47 bits per heavy atom. The van der Waals surface area contributed by atoms with Crippen molar-refractivity contribution >= 4 is 21.6 Å². The monoisotopic (exact) mass is 453 g/mol. The Hall–Kier alpha value is -3.39. The predicted octanol–water partition coefficient (Wildman–Crippen LogP) is 3.69. The molecule has 2 aromatic carbocycles. The highest BCUT2D eigenvalue weighted by Gasteiger charge is 2.37. The summed E-state index contributed by atoms with van der Waals surface area (Å²) in [5.41, 5.74) is 1.72. The molecule has 168 valence electrons. The van der Waals surface area contributed by atoms with Crippen LogP contribution in [0.4, 0.5) is 5.69 Å². The van der Waals surface area contributed by atoms with E-state index in [1.807, 2.05) is 6.07 Å². The van der Waals surface area contributed by atoms with Crippen LogP contribution < -0.4 is 14.4 Å². The van der Waals surface area contributed by atoms with Gasteiger partial charge >= 0.3 is 0 Å². The van der Waals surface area contributed by atoms with E-state index in [1.54, 1.807) is 80.8 Å². The summed E-state index contributed by atoms with van der Waals surface area (Å²) in [5.74, 6) is -0.0393. The number of benzene rings is 2. The highest BCUT2D eigenvalue weighted by atomic mass is 32.2. The second-order valence-corrected chi connectivity index (χ2v) is 9.02. The Morgan fingerprint density at radius 2 is 1.81 bits per heavy atom. The van der Waals surface area contributed by atoms with Crippen molar-refractivity contribution in [3.05, 3.63) is 84.2 Å². The van der Waals surface area contributed by atoms with E-state index in [9.17, 15) is 13.2 Å². The number of hydrogen-bond acceptors (Lipinski definition) is 5. The molecule has 0 fully saturated rings. The zero-order valence-electron chi connectivity index (χ0n) is 18.4. The van der Waals surface area contributed by atoms with E-state index in [2.05, 4.69) is 10.3 Å². The third kappa shape index (κ3) is 4.91. The van der Waals surface area contributed by atoms with Crippen LogP contribution in [0.1, 0.15) is 24.5 Å². The third-order valence-corrected chi connectivity index (χ3v) is 7.10. The smallest absolute Gasteiger partial charge is 0.265 e. The number of nitrogens with zero attached hydrogens (tertiary/aromatic N) is 2. The van der Waals surface area contributed by atoms with Crippen molar-refractivity contribution in [3.8, 4) is 5.75 Å². The van der Waals surface area contributed by atoms with E-state index in [0.717, 1.165) is 5.56 Å². The molecule has 0 radical (unpaired) electrons. The van der Waals surface area contributed by atoms with Crippen molar-refractivity contribution in [1.29, 1.82) is 0 Å². The van der Waals surface area contributed by atoms with E-state index < -0.39 is 22.0 Å². The second-order valence-electron chi connectivity index (χ2n) is 7.24. The number of hydrogen-bond donors (Lipinski definition) is 1. The summed E-state index contributed by atoms with van der Waals surface area (Å²) in [5, 5.41) is 2.85. The first kappa shape index (κ1) is 23.3. The van der Waals surface area contributed by atoms with Gasteiger partial charge < -0.3 is 10.1 Å². The van der Waals surface area contributed by atoms with Gasteiger partial charge in [0.05, 0.1) is 17.7 Å². The molecule has 1 amide bonds. The zero-order valence-corrected chi connectivity index (χ0v) is 19.2. The molecule has 0 saturated heterocycles. The van der Waals surface area contributed by atoms with Gasteiger partial charge in [0.2, 0.25) is 5.91 Å². The fourth-order valence-corrected chi connectivity index (χ4v) is 5.42. The first-order chi connectivity index (χ1) is 15.4. The second kappa shape index (κ2) is 10.3. The summed E-state index contributed by atoms with van der Waals surface area (Å²) in [7, 11) is -2.60. The maximum absolute atomic E-state index is 13.9. The third-order valence-electron chi connectivity index (χ3n) is 5.12. The van der Waals surface area contributed by atoms with Crippen LogP contribution in [0.15, 0.2) is 78.0 Å². The molecule has 0 spiro atoms. The molecule has 3 aromatic rings. The topological polar surface area (TPSA) is 88.6 Å². The summed E-state index contributed by atoms with van der Waals surface area (Å²) < 4.78 is 34.4. The number of carbonyl (C=O) groups is 1. The number of para-hydroxylation sites is 2. The molecule has 0 aliphatic carbocycles. The van der Waals surface area contributed by atoms with Crippen molar-refractivity contribution in [3.63, 3.8) is 0 Å². The molecule has 1 aromatic heterocycles. The van der Waals surface area contributed by atoms with E-state index >= 15 is 0 Å². The van der Waals surface area contributed by atoms with Crippen LogP contribution in [0.25, 0.3) is 0 Å². The number of aromatic nitrogens is 1. The summed E-state index contributed by atoms with van der Waals surface area (Å²) in [4.78, 5) is 17.4. The summed E-state index contributed by atoms with van der Waals surface area (Å²) in [6.07, 6.45) is 3.57. The van der Waals surface area contributed by atoms with Crippen molar-refractivity contribution in [2.75, 3.05) is 11.4 Å². The van der Waals surface area contributed by atoms with Gasteiger partial charge in [-0.1, -0.05) is 43.3 Å². The Morgan fingerprint density at radius 1 is 1.09 bits per heavy atom. The van der Waals surface area contributed by atoms with Gasteiger partial charge in [-0.3, -0.25) is 14.1 Å². The maximum atomic E-state index is 13.9. The van der Waals surface area contributed by atoms with Crippen molar-refractivity contribution < 1.29 is 17.9 Å². The fourth-order valence-electron chi connectivity index (χ4n) is 3.50. The van der Waals surface area contributed by atoms with Gasteiger partial charge in [-0.2, -0.15) is 0 Å². The number of sulfonamides is 1. The molecule has 0 aliphatic rings. The van der Waals surface area contributed by atoms with Crippen LogP contribution in [0, 0.1) is 6.92 Å². The minimum absolute atomic E-state index is 0.143. The van der Waals surface area contributed by atoms with Gasteiger partial charge in [0.1, 0.15) is 11.8 Å². The number of pyridine rings is 1. The Labute approximate surface area is 189 Å². The highest BCUT2D eigenvalue weighted by molar-refractivity contribution is 7.93. The van der Waals surface area contributed by atoms with E-state index in [1.165, 1.54) is 11.4 Å². The van der Waals surface area contributed by atoms with Crippen molar-refractivity contribution in [2.45, 2.75) is 37.8 Å². The Bertz CT molecular complexity index is 1170. The van der Waals surface area contributed by atoms with Gasteiger partial charge in [-0.05, 0) is 48.7 Å². The average molecular weight is 454 g/mol. The van der Waals surface area contributed by atoms with Crippen LogP contribution in [0.5, 0.6) is 5.75 Å². The Kier molecular flexibility index (Phi) is 7.48. The minimum Gasteiger partial charge on any atom is -0.495 e. The largest absolute Gasteiger partial charge is 0.495 e. The normalized spacial score (nSPS) is 12.1. The number of ether oxygens (including phenoxy) is 1. The van der Waals surface area contributed by atoms with Crippen molar-refractivity contribution in [1.82, 2.24) is 10.3 Å². The molecule has 1 heterocycles. The Balaban J connectivity index is 2.06. The number of carbonyl (C=O) groups excluding carboxylic acids is 1. The molecule has 1 atom stereocenters. The molecular formula is C24H27N3O4S. The molecular weight excluding hydrogens is 426 g/mol. The summed E-state index contributed by atoms with van der Waals surface area (Å²) in [6, 6.07) is 16.2. The van der Waals surface area contributed by atoms with Gasteiger partial charge in [-0.15, -0.1) is 0 Å². The lowest BCUT2D eigenvalue weighted by Crippen LogP contribution is -2.49. The van der Waals surface area contributed by atoms with Crippen LogP contribution in [0.3, 0.4) is 0 Å². The average Bonchev–Trinajstić information content (AvgIpc) is 2.81. The fraction of sp³-hybridized carbons (Fsp3) is 0.250. The van der Waals surface area contributed by atoms with Crippen molar-refractivity contribution in [2.24, 2.45) is 0 Å². The molecule has 1 N–H and O–H groups in total. The molecule has 1 unspecified atom stereocenters. The molecule has 0 saturated carbocycles. The number of aryl methyl sites for hydroxylation is 1. The number of methoxy groups -OCH3 is 1. The van der Waals surface area contributed by atoms with Gasteiger partial charge in [-0.25, -0.2) is 8.42 Å². The number of rotatable bonds is 9. The van der Waals surface area contributed by atoms with Crippen LogP contribution >= 0.6 is 0 Å². The first-order valence-electron chi connectivity index (χ1n) is 10.3. The first-order valence-corrected chi connectivity index (χ1v) is 11.7.